The van der Waals surface area contributed by atoms with E-state index in [2.05, 4.69) is 20.6 Å². The molecule has 0 aliphatic rings. The molecular formula is C25H24ClN3O5. The van der Waals surface area contributed by atoms with Crippen LogP contribution in [0.2, 0.25) is 5.02 Å². The number of methoxy groups -OCH3 is 1. The minimum atomic E-state index is -0.791. The molecule has 0 fully saturated rings. The van der Waals surface area contributed by atoms with Gasteiger partial charge in [0.05, 0.1) is 18.9 Å². The van der Waals surface area contributed by atoms with Gasteiger partial charge in [-0.1, -0.05) is 37.6 Å². The molecule has 176 valence electrons. The van der Waals surface area contributed by atoms with Crippen molar-refractivity contribution in [2.24, 2.45) is 11.0 Å². The Morgan fingerprint density at radius 3 is 2.24 bits per heavy atom. The molecule has 8 nitrogen and oxygen atoms in total. The van der Waals surface area contributed by atoms with Gasteiger partial charge in [0.15, 0.2) is 0 Å². The lowest BCUT2D eigenvalue weighted by Gasteiger charge is -2.20. The summed E-state index contributed by atoms with van der Waals surface area (Å²) >= 11 is 5.85. The molecule has 3 aromatic rings. The van der Waals surface area contributed by atoms with Crippen molar-refractivity contribution < 1.29 is 23.5 Å². The van der Waals surface area contributed by atoms with Crippen LogP contribution in [0.4, 0.5) is 0 Å². The Morgan fingerprint density at radius 1 is 0.971 bits per heavy atom. The van der Waals surface area contributed by atoms with Gasteiger partial charge < -0.3 is 14.5 Å². The maximum atomic E-state index is 12.6. The molecule has 1 aromatic heterocycles. The number of hydrogen-bond acceptors (Lipinski definition) is 6. The van der Waals surface area contributed by atoms with E-state index in [1.807, 2.05) is 13.8 Å². The molecule has 0 bridgehead atoms. The fourth-order valence-electron chi connectivity index (χ4n) is 3.06. The van der Waals surface area contributed by atoms with Crippen LogP contribution in [0.15, 0.2) is 70.2 Å². The number of hydrogen-bond donors (Lipinski definition) is 2. The van der Waals surface area contributed by atoms with E-state index in [1.54, 1.807) is 60.7 Å². The maximum absolute atomic E-state index is 12.6. The van der Waals surface area contributed by atoms with Crippen LogP contribution < -0.4 is 10.7 Å². The van der Waals surface area contributed by atoms with Gasteiger partial charge in [-0.2, -0.15) is 5.10 Å². The highest BCUT2D eigenvalue weighted by Gasteiger charge is 2.24. The summed E-state index contributed by atoms with van der Waals surface area (Å²) in [6, 6.07) is 15.8. The Bertz CT molecular complexity index is 1180. The minimum Gasteiger partial charge on any atom is -0.465 e. The van der Waals surface area contributed by atoms with E-state index in [-0.39, 0.29) is 11.8 Å². The van der Waals surface area contributed by atoms with Crippen molar-refractivity contribution >= 4 is 35.6 Å². The molecule has 2 amide bonds. The number of nitrogens with one attached hydrogen (secondary N) is 2. The number of rotatable bonds is 8. The van der Waals surface area contributed by atoms with Crippen molar-refractivity contribution in [3.63, 3.8) is 0 Å². The van der Waals surface area contributed by atoms with Crippen LogP contribution in [0, 0.1) is 5.92 Å². The van der Waals surface area contributed by atoms with Crippen LogP contribution in [0.3, 0.4) is 0 Å². The third kappa shape index (κ3) is 6.32. The standard InChI is InChI=1S/C25H24ClN3O5/c1-15(2)22(28-23(30)17-8-10-19(26)11-9-17)24(31)29-27-14-20-12-13-21(34-20)16-4-6-18(7-5-16)25(32)33-3/h4-15,22H,1-3H3,(H,28,30)(H,29,31)/b27-14+. The summed E-state index contributed by atoms with van der Waals surface area (Å²) in [6.45, 7) is 3.64. The zero-order valence-corrected chi connectivity index (χ0v) is 19.6. The zero-order valence-electron chi connectivity index (χ0n) is 18.9. The molecule has 1 atom stereocenters. The highest BCUT2D eigenvalue weighted by molar-refractivity contribution is 6.30. The average Bonchev–Trinajstić information content (AvgIpc) is 3.31. The van der Waals surface area contributed by atoms with Crippen molar-refractivity contribution in [2.45, 2.75) is 19.9 Å². The number of benzene rings is 2. The number of carbonyl (C=O) groups is 3. The average molecular weight is 482 g/mol. The van der Waals surface area contributed by atoms with Crippen LogP contribution in [-0.4, -0.2) is 37.1 Å². The normalized spacial score (nSPS) is 11.9. The summed E-state index contributed by atoms with van der Waals surface area (Å²) in [5.41, 5.74) is 4.03. The minimum absolute atomic E-state index is 0.172. The summed E-state index contributed by atoms with van der Waals surface area (Å²) in [4.78, 5) is 36.6. The summed E-state index contributed by atoms with van der Waals surface area (Å²) in [5, 5.41) is 7.18. The first kappa shape index (κ1) is 24.7. The second-order valence-corrected chi connectivity index (χ2v) is 8.14. The zero-order chi connectivity index (χ0) is 24.7. The van der Waals surface area contributed by atoms with E-state index >= 15 is 0 Å². The molecular weight excluding hydrogens is 458 g/mol. The molecule has 34 heavy (non-hydrogen) atoms. The van der Waals surface area contributed by atoms with E-state index < -0.39 is 17.9 Å². The van der Waals surface area contributed by atoms with Crippen molar-refractivity contribution in [3.05, 3.63) is 82.6 Å². The highest BCUT2D eigenvalue weighted by Crippen LogP contribution is 2.22. The molecule has 0 saturated carbocycles. The van der Waals surface area contributed by atoms with Crippen LogP contribution in [0.5, 0.6) is 0 Å². The first-order valence-corrected chi connectivity index (χ1v) is 10.8. The van der Waals surface area contributed by atoms with Gasteiger partial charge in [0.2, 0.25) is 0 Å². The Hall–Kier alpha value is -3.91. The van der Waals surface area contributed by atoms with Crippen LogP contribution >= 0.6 is 11.6 Å². The molecule has 0 spiro atoms. The van der Waals surface area contributed by atoms with Gasteiger partial charge in [0, 0.05) is 16.1 Å². The predicted molar refractivity (Wildman–Crippen MR) is 129 cm³/mol. The lowest BCUT2D eigenvalue weighted by Crippen LogP contribution is -2.48. The van der Waals surface area contributed by atoms with Crippen molar-refractivity contribution in [2.75, 3.05) is 7.11 Å². The Morgan fingerprint density at radius 2 is 1.62 bits per heavy atom. The Kier molecular flexibility index (Phi) is 8.21. The molecule has 1 heterocycles. The summed E-state index contributed by atoms with van der Waals surface area (Å²) < 4.78 is 10.4. The number of hydrazone groups is 1. The molecule has 1 unspecified atom stereocenters. The van der Waals surface area contributed by atoms with Gasteiger partial charge in [-0.3, -0.25) is 9.59 Å². The molecule has 0 radical (unpaired) electrons. The van der Waals surface area contributed by atoms with Gasteiger partial charge >= 0.3 is 5.97 Å². The number of ether oxygens (including phenoxy) is 1. The maximum Gasteiger partial charge on any atom is 0.337 e. The van der Waals surface area contributed by atoms with Crippen LogP contribution in [0.1, 0.15) is 40.3 Å². The SMILES string of the molecule is COC(=O)c1ccc(-c2ccc(/C=N/NC(=O)C(NC(=O)c3ccc(Cl)cc3)C(C)C)o2)cc1. The summed E-state index contributed by atoms with van der Waals surface area (Å²) in [5.74, 6) is -0.450. The number of amides is 2. The van der Waals surface area contributed by atoms with Crippen LogP contribution in [-0.2, 0) is 9.53 Å². The molecule has 0 aliphatic heterocycles. The molecule has 9 heteroatoms. The summed E-state index contributed by atoms with van der Waals surface area (Å²) in [7, 11) is 1.32. The second-order valence-electron chi connectivity index (χ2n) is 7.71. The summed E-state index contributed by atoms with van der Waals surface area (Å²) in [6.07, 6.45) is 1.36. The molecule has 0 aliphatic carbocycles. The monoisotopic (exact) mass is 481 g/mol. The smallest absolute Gasteiger partial charge is 0.337 e. The number of carbonyl (C=O) groups excluding carboxylic acids is 3. The topological polar surface area (TPSA) is 110 Å². The van der Waals surface area contributed by atoms with Gasteiger partial charge in [0.1, 0.15) is 17.6 Å². The number of nitrogens with zero attached hydrogens (tertiary/aromatic N) is 1. The molecule has 0 saturated heterocycles. The van der Waals surface area contributed by atoms with E-state index in [1.165, 1.54) is 13.3 Å². The first-order chi connectivity index (χ1) is 16.3. The number of halogens is 1. The van der Waals surface area contributed by atoms with Gasteiger partial charge in [-0.25, -0.2) is 10.2 Å². The molecule has 2 N–H and O–H groups in total. The van der Waals surface area contributed by atoms with Gasteiger partial charge in [-0.15, -0.1) is 0 Å². The largest absolute Gasteiger partial charge is 0.465 e. The lowest BCUT2D eigenvalue weighted by molar-refractivity contribution is -0.123. The van der Waals surface area contributed by atoms with Crippen molar-refractivity contribution in [1.82, 2.24) is 10.7 Å². The fourth-order valence-corrected chi connectivity index (χ4v) is 3.18. The lowest BCUT2D eigenvalue weighted by atomic mass is 10.0. The van der Waals surface area contributed by atoms with E-state index in [4.69, 9.17) is 16.0 Å². The van der Waals surface area contributed by atoms with Crippen molar-refractivity contribution in [1.29, 1.82) is 0 Å². The van der Waals surface area contributed by atoms with E-state index in [9.17, 15) is 14.4 Å². The highest BCUT2D eigenvalue weighted by atomic mass is 35.5. The van der Waals surface area contributed by atoms with E-state index in [0.29, 0.717) is 27.7 Å². The van der Waals surface area contributed by atoms with Gasteiger partial charge in [-0.05, 0) is 54.4 Å². The third-order valence-corrected chi connectivity index (χ3v) is 5.18. The van der Waals surface area contributed by atoms with Crippen LogP contribution in [0.25, 0.3) is 11.3 Å². The molecule has 3 rings (SSSR count). The van der Waals surface area contributed by atoms with Crippen molar-refractivity contribution in [3.8, 4) is 11.3 Å². The number of furan rings is 1. The quantitative estimate of drug-likeness (QED) is 0.283. The Balaban J connectivity index is 1.60. The Labute approximate surface area is 201 Å². The van der Waals surface area contributed by atoms with E-state index in [0.717, 1.165) is 5.56 Å². The molecule has 2 aromatic carbocycles. The number of esters is 1. The predicted octanol–water partition coefficient (Wildman–Crippen LogP) is 4.29. The second kappa shape index (κ2) is 11.3. The van der Waals surface area contributed by atoms with Gasteiger partial charge in [0.25, 0.3) is 11.8 Å². The first-order valence-electron chi connectivity index (χ1n) is 10.5. The third-order valence-electron chi connectivity index (χ3n) is 4.93. The fraction of sp³-hybridized carbons (Fsp3) is 0.200.